The van der Waals surface area contributed by atoms with E-state index >= 15 is 0 Å². The molecule has 0 saturated carbocycles. The summed E-state index contributed by atoms with van der Waals surface area (Å²) in [5.41, 5.74) is 2.55. The molecule has 2 aromatic rings. The summed E-state index contributed by atoms with van der Waals surface area (Å²) in [6.07, 6.45) is 3.11. The molecule has 0 saturated heterocycles. The molecule has 1 aromatic carbocycles. The summed E-state index contributed by atoms with van der Waals surface area (Å²) < 4.78 is 13.1. The van der Waals surface area contributed by atoms with E-state index in [0.717, 1.165) is 74.5 Å². The first-order chi connectivity index (χ1) is 13.7. The normalized spacial score (nSPS) is 16.0. The standard InChI is InChI=1S/C20H28N6O2/c1-4-21-20(22-12-19-24-23-18-6-5-8-26(18)19)25-9-7-14-10-16(27-2)17(28-3)11-15(14)13-25/h10-11H,4-9,12-13H2,1-3H3,(H,21,22). The lowest BCUT2D eigenvalue weighted by atomic mass is 9.99. The van der Waals surface area contributed by atoms with Gasteiger partial charge in [0.1, 0.15) is 12.4 Å². The Morgan fingerprint density at radius 3 is 2.64 bits per heavy atom. The van der Waals surface area contributed by atoms with Gasteiger partial charge in [0, 0.05) is 32.6 Å². The third-order valence-corrected chi connectivity index (χ3v) is 5.41. The van der Waals surface area contributed by atoms with E-state index in [9.17, 15) is 0 Å². The molecule has 0 radical (unpaired) electrons. The minimum Gasteiger partial charge on any atom is -0.493 e. The zero-order valence-electron chi connectivity index (χ0n) is 16.9. The van der Waals surface area contributed by atoms with Gasteiger partial charge >= 0.3 is 0 Å². The number of rotatable bonds is 5. The number of hydrogen-bond donors (Lipinski definition) is 1. The molecule has 0 bridgehead atoms. The number of methoxy groups -OCH3 is 2. The van der Waals surface area contributed by atoms with Crippen LogP contribution in [0.3, 0.4) is 0 Å². The number of nitrogens with zero attached hydrogens (tertiary/aromatic N) is 5. The number of hydrogen-bond acceptors (Lipinski definition) is 5. The van der Waals surface area contributed by atoms with E-state index in [1.54, 1.807) is 14.2 Å². The first kappa shape index (κ1) is 18.6. The Kier molecular flexibility index (Phi) is 5.36. The van der Waals surface area contributed by atoms with Crippen LogP contribution in [-0.2, 0) is 32.5 Å². The van der Waals surface area contributed by atoms with Crippen LogP contribution in [0.15, 0.2) is 17.1 Å². The maximum Gasteiger partial charge on any atom is 0.194 e. The van der Waals surface area contributed by atoms with Crippen molar-refractivity contribution in [2.24, 2.45) is 4.99 Å². The fraction of sp³-hybridized carbons (Fsp3) is 0.550. The second kappa shape index (κ2) is 8.08. The van der Waals surface area contributed by atoms with E-state index in [2.05, 4.69) is 44.0 Å². The van der Waals surface area contributed by atoms with Crippen LogP contribution in [0.4, 0.5) is 0 Å². The Balaban J connectivity index is 1.54. The number of fused-ring (bicyclic) bond motifs is 2. The SMILES string of the molecule is CCNC(=NCc1nnc2n1CCC2)N1CCc2cc(OC)c(OC)cc2C1. The van der Waals surface area contributed by atoms with Gasteiger partial charge in [-0.15, -0.1) is 10.2 Å². The Hall–Kier alpha value is -2.77. The highest BCUT2D eigenvalue weighted by molar-refractivity contribution is 5.80. The number of guanidine groups is 1. The van der Waals surface area contributed by atoms with E-state index in [1.807, 2.05) is 0 Å². The number of aromatic nitrogens is 3. The summed E-state index contributed by atoms with van der Waals surface area (Å²) >= 11 is 0. The Labute approximate surface area is 165 Å². The lowest BCUT2D eigenvalue weighted by Crippen LogP contribution is -2.44. The summed E-state index contributed by atoms with van der Waals surface area (Å²) in [7, 11) is 3.35. The molecule has 0 spiro atoms. The van der Waals surface area contributed by atoms with Crippen LogP contribution in [0.25, 0.3) is 0 Å². The molecule has 8 nitrogen and oxygen atoms in total. The Morgan fingerprint density at radius 2 is 1.89 bits per heavy atom. The second-order valence-electron chi connectivity index (χ2n) is 7.11. The van der Waals surface area contributed by atoms with E-state index < -0.39 is 0 Å². The van der Waals surface area contributed by atoms with Crippen LogP contribution >= 0.6 is 0 Å². The first-order valence-corrected chi connectivity index (χ1v) is 9.91. The molecular weight excluding hydrogens is 356 g/mol. The van der Waals surface area contributed by atoms with E-state index in [4.69, 9.17) is 14.5 Å². The first-order valence-electron chi connectivity index (χ1n) is 9.91. The Bertz CT molecular complexity index is 876. The zero-order chi connectivity index (χ0) is 19.5. The molecule has 0 atom stereocenters. The van der Waals surface area contributed by atoms with E-state index in [-0.39, 0.29) is 0 Å². The van der Waals surface area contributed by atoms with Crippen molar-refractivity contribution < 1.29 is 9.47 Å². The minimum atomic E-state index is 0.546. The van der Waals surface area contributed by atoms with E-state index in [1.165, 1.54) is 11.1 Å². The van der Waals surface area contributed by atoms with Crippen molar-refractivity contribution in [3.05, 3.63) is 34.9 Å². The molecule has 150 valence electrons. The van der Waals surface area contributed by atoms with Gasteiger partial charge in [-0.3, -0.25) is 0 Å². The van der Waals surface area contributed by atoms with Crippen LogP contribution < -0.4 is 14.8 Å². The number of benzene rings is 1. The van der Waals surface area contributed by atoms with Crippen LogP contribution in [0.2, 0.25) is 0 Å². The van der Waals surface area contributed by atoms with Gasteiger partial charge in [-0.1, -0.05) is 0 Å². The van der Waals surface area contributed by atoms with Gasteiger partial charge in [0.25, 0.3) is 0 Å². The van der Waals surface area contributed by atoms with Crippen LogP contribution in [0.1, 0.15) is 36.1 Å². The molecule has 2 aliphatic rings. The number of nitrogens with one attached hydrogen (secondary N) is 1. The van der Waals surface area contributed by atoms with Crippen molar-refractivity contribution in [3.63, 3.8) is 0 Å². The Morgan fingerprint density at radius 1 is 1.11 bits per heavy atom. The molecule has 0 aliphatic carbocycles. The van der Waals surface area contributed by atoms with Gasteiger partial charge < -0.3 is 24.3 Å². The summed E-state index contributed by atoms with van der Waals surface area (Å²) in [6.45, 7) is 6.17. The number of ether oxygens (including phenoxy) is 2. The van der Waals surface area contributed by atoms with E-state index in [0.29, 0.717) is 6.54 Å². The molecule has 0 amide bonds. The average Bonchev–Trinajstić information content (AvgIpc) is 3.34. The van der Waals surface area contributed by atoms with Gasteiger partial charge in [0.15, 0.2) is 23.3 Å². The van der Waals surface area contributed by atoms with Crippen molar-refractivity contribution in [2.45, 2.75) is 45.8 Å². The molecule has 28 heavy (non-hydrogen) atoms. The molecule has 4 rings (SSSR count). The predicted molar refractivity (Wildman–Crippen MR) is 107 cm³/mol. The lowest BCUT2D eigenvalue weighted by Gasteiger charge is -2.32. The fourth-order valence-corrected chi connectivity index (χ4v) is 3.96. The van der Waals surface area contributed by atoms with Gasteiger partial charge in [0.2, 0.25) is 0 Å². The average molecular weight is 384 g/mol. The largest absolute Gasteiger partial charge is 0.493 e. The van der Waals surface area contributed by atoms with Gasteiger partial charge in [-0.05, 0) is 43.0 Å². The molecule has 3 heterocycles. The maximum absolute atomic E-state index is 5.48. The highest BCUT2D eigenvalue weighted by atomic mass is 16.5. The molecule has 0 unspecified atom stereocenters. The molecule has 8 heteroatoms. The van der Waals surface area contributed by atoms with Crippen LogP contribution in [-0.4, -0.2) is 52.9 Å². The predicted octanol–water partition coefficient (Wildman–Crippen LogP) is 1.77. The monoisotopic (exact) mass is 384 g/mol. The van der Waals surface area contributed by atoms with Gasteiger partial charge in [-0.2, -0.15) is 0 Å². The van der Waals surface area contributed by atoms with Gasteiger partial charge in [0.05, 0.1) is 14.2 Å². The minimum absolute atomic E-state index is 0.546. The van der Waals surface area contributed by atoms with Crippen molar-refractivity contribution in [1.82, 2.24) is 25.0 Å². The van der Waals surface area contributed by atoms with Crippen molar-refractivity contribution in [2.75, 3.05) is 27.3 Å². The summed E-state index contributed by atoms with van der Waals surface area (Å²) in [5.74, 6) is 4.51. The van der Waals surface area contributed by atoms with Gasteiger partial charge in [-0.25, -0.2) is 4.99 Å². The van der Waals surface area contributed by atoms with Crippen LogP contribution in [0.5, 0.6) is 11.5 Å². The molecule has 0 fully saturated rings. The molecular formula is C20H28N6O2. The quantitative estimate of drug-likeness (QED) is 0.625. The number of aryl methyl sites for hydroxylation is 1. The fourth-order valence-electron chi connectivity index (χ4n) is 3.96. The van der Waals surface area contributed by atoms with Crippen molar-refractivity contribution in [1.29, 1.82) is 0 Å². The highest BCUT2D eigenvalue weighted by Crippen LogP contribution is 2.33. The van der Waals surface area contributed by atoms with Crippen LogP contribution in [0, 0.1) is 0 Å². The molecule has 1 aromatic heterocycles. The zero-order valence-corrected chi connectivity index (χ0v) is 16.9. The maximum atomic E-state index is 5.48. The summed E-state index contributed by atoms with van der Waals surface area (Å²) in [6, 6.07) is 4.17. The smallest absolute Gasteiger partial charge is 0.194 e. The van der Waals surface area contributed by atoms with Crippen molar-refractivity contribution in [3.8, 4) is 11.5 Å². The summed E-state index contributed by atoms with van der Waals surface area (Å²) in [4.78, 5) is 7.15. The summed E-state index contributed by atoms with van der Waals surface area (Å²) in [5, 5.41) is 12.0. The molecule has 2 aliphatic heterocycles. The lowest BCUT2D eigenvalue weighted by molar-refractivity contribution is 0.346. The number of aliphatic imine (C=N–C) groups is 1. The second-order valence-corrected chi connectivity index (χ2v) is 7.11. The third-order valence-electron chi connectivity index (χ3n) is 5.41. The third kappa shape index (κ3) is 3.50. The topological polar surface area (TPSA) is 76.8 Å². The van der Waals surface area contributed by atoms with Crippen molar-refractivity contribution >= 4 is 5.96 Å². The molecule has 1 N–H and O–H groups in total. The highest BCUT2D eigenvalue weighted by Gasteiger charge is 2.22.